The molecule has 0 aromatic heterocycles. The highest BCUT2D eigenvalue weighted by Crippen LogP contribution is 2.20. The topological polar surface area (TPSA) is 79.8 Å². The summed E-state index contributed by atoms with van der Waals surface area (Å²) in [5.74, 6) is -0.218. The summed E-state index contributed by atoms with van der Waals surface area (Å²) in [6, 6.07) is 20.9. The summed E-state index contributed by atoms with van der Waals surface area (Å²) >= 11 is 3.34. The molecule has 3 aromatic carbocycles. The maximum Gasteiger partial charge on any atom is 0.259 e. The van der Waals surface area contributed by atoms with Crippen LogP contribution in [0, 0.1) is 0 Å². The van der Waals surface area contributed by atoms with Crippen LogP contribution in [0.4, 0.5) is 0 Å². The van der Waals surface area contributed by atoms with Gasteiger partial charge < -0.3 is 10.1 Å². The minimum atomic E-state index is -0.424. The molecule has 0 heterocycles. The first kappa shape index (κ1) is 19.6. The van der Waals surface area contributed by atoms with Gasteiger partial charge in [-0.05, 0) is 40.6 Å². The summed E-state index contributed by atoms with van der Waals surface area (Å²) < 4.78 is 6.44. The van der Waals surface area contributed by atoms with Crippen molar-refractivity contribution in [1.82, 2.24) is 10.7 Å². The van der Waals surface area contributed by atoms with Crippen LogP contribution in [0.5, 0.6) is 5.75 Å². The number of rotatable bonds is 7. The molecule has 0 aliphatic rings. The van der Waals surface area contributed by atoms with Gasteiger partial charge in [-0.1, -0.05) is 58.4 Å². The van der Waals surface area contributed by atoms with Crippen LogP contribution in [0.2, 0.25) is 0 Å². The van der Waals surface area contributed by atoms with Gasteiger partial charge in [0, 0.05) is 4.47 Å². The first-order chi connectivity index (χ1) is 13.6. The van der Waals surface area contributed by atoms with Gasteiger partial charge in [0.15, 0.2) is 6.61 Å². The number of carbonyl (C=O) groups excluding carboxylic acids is 2. The molecule has 2 amide bonds. The van der Waals surface area contributed by atoms with Gasteiger partial charge in [0.25, 0.3) is 11.8 Å². The standard InChI is InChI=1S/C21H18BrN3O3/c22-18-8-5-15(6-9-18)12-24-25-20(26)13-23-21(27)14-28-19-10-7-16-3-1-2-4-17(16)11-19/h1-12H,13-14H2,(H,23,27)(H,25,26)/b24-12+. The van der Waals surface area contributed by atoms with E-state index in [1.54, 1.807) is 6.07 Å². The molecule has 0 aliphatic carbocycles. The number of ether oxygens (including phenoxy) is 1. The van der Waals surface area contributed by atoms with Crippen molar-refractivity contribution in [3.8, 4) is 5.75 Å². The largest absolute Gasteiger partial charge is 0.484 e. The van der Waals surface area contributed by atoms with Gasteiger partial charge in [0.2, 0.25) is 0 Å². The summed E-state index contributed by atoms with van der Waals surface area (Å²) in [4.78, 5) is 23.6. The predicted octanol–water partition coefficient (Wildman–Crippen LogP) is 3.25. The molecule has 0 fully saturated rings. The molecular weight excluding hydrogens is 422 g/mol. The van der Waals surface area contributed by atoms with Crippen molar-refractivity contribution in [2.24, 2.45) is 5.10 Å². The third-order valence-corrected chi connectivity index (χ3v) is 4.34. The Morgan fingerprint density at radius 2 is 1.71 bits per heavy atom. The van der Waals surface area contributed by atoms with E-state index < -0.39 is 5.91 Å². The van der Waals surface area contributed by atoms with Crippen LogP contribution in [0.25, 0.3) is 10.8 Å². The van der Waals surface area contributed by atoms with E-state index in [4.69, 9.17) is 4.74 Å². The Morgan fingerprint density at radius 1 is 0.964 bits per heavy atom. The lowest BCUT2D eigenvalue weighted by Crippen LogP contribution is -2.37. The fourth-order valence-corrected chi connectivity index (χ4v) is 2.67. The third kappa shape index (κ3) is 5.92. The summed E-state index contributed by atoms with van der Waals surface area (Å²) in [5, 5.41) is 8.47. The van der Waals surface area contributed by atoms with E-state index in [0.29, 0.717) is 5.75 Å². The molecule has 3 rings (SSSR count). The second-order valence-electron chi connectivity index (χ2n) is 5.92. The summed E-state index contributed by atoms with van der Waals surface area (Å²) in [5.41, 5.74) is 3.20. The second kappa shape index (κ2) is 9.66. The Kier molecular flexibility index (Phi) is 6.75. The average molecular weight is 440 g/mol. The first-order valence-electron chi connectivity index (χ1n) is 8.56. The molecule has 0 saturated carbocycles. The number of nitrogens with zero attached hydrogens (tertiary/aromatic N) is 1. The van der Waals surface area contributed by atoms with E-state index >= 15 is 0 Å². The fraction of sp³-hybridized carbons (Fsp3) is 0.0952. The molecule has 0 atom stereocenters. The zero-order chi connectivity index (χ0) is 19.8. The van der Waals surface area contributed by atoms with Crippen LogP contribution in [-0.4, -0.2) is 31.2 Å². The number of nitrogens with one attached hydrogen (secondary N) is 2. The molecule has 0 unspecified atom stereocenters. The monoisotopic (exact) mass is 439 g/mol. The van der Waals surface area contributed by atoms with E-state index in [2.05, 4.69) is 31.8 Å². The number of fused-ring (bicyclic) bond motifs is 1. The summed E-state index contributed by atoms with van der Waals surface area (Å²) in [6.45, 7) is -0.356. The van der Waals surface area contributed by atoms with Crippen molar-refractivity contribution >= 4 is 44.7 Å². The van der Waals surface area contributed by atoms with Crippen molar-refractivity contribution < 1.29 is 14.3 Å². The van der Waals surface area contributed by atoms with E-state index in [9.17, 15) is 9.59 Å². The van der Waals surface area contributed by atoms with Crippen LogP contribution < -0.4 is 15.5 Å². The van der Waals surface area contributed by atoms with Crippen molar-refractivity contribution in [2.45, 2.75) is 0 Å². The molecule has 7 heteroatoms. The Hall–Kier alpha value is -3.19. The number of carbonyl (C=O) groups is 2. The van der Waals surface area contributed by atoms with Gasteiger partial charge in [-0.2, -0.15) is 5.10 Å². The Bertz CT molecular complexity index is 1000. The van der Waals surface area contributed by atoms with Gasteiger partial charge in [0.05, 0.1) is 12.8 Å². The number of amides is 2. The van der Waals surface area contributed by atoms with E-state index in [1.165, 1.54) is 6.21 Å². The van der Waals surface area contributed by atoms with E-state index in [1.807, 2.05) is 60.7 Å². The fourth-order valence-electron chi connectivity index (χ4n) is 2.40. The van der Waals surface area contributed by atoms with Crippen LogP contribution in [0.15, 0.2) is 76.3 Å². The minimum absolute atomic E-state index is 0.173. The zero-order valence-corrected chi connectivity index (χ0v) is 16.5. The molecule has 142 valence electrons. The lowest BCUT2D eigenvalue weighted by Gasteiger charge is -2.08. The molecule has 0 saturated heterocycles. The quantitative estimate of drug-likeness (QED) is 0.437. The first-order valence-corrected chi connectivity index (χ1v) is 9.35. The number of hydrazone groups is 1. The highest BCUT2D eigenvalue weighted by atomic mass is 79.9. The smallest absolute Gasteiger partial charge is 0.259 e. The highest BCUT2D eigenvalue weighted by molar-refractivity contribution is 9.10. The maximum absolute atomic E-state index is 11.9. The molecule has 3 aromatic rings. The normalized spacial score (nSPS) is 10.8. The van der Waals surface area contributed by atoms with Crippen LogP contribution >= 0.6 is 15.9 Å². The van der Waals surface area contributed by atoms with Crippen molar-refractivity contribution in [1.29, 1.82) is 0 Å². The summed E-state index contributed by atoms with van der Waals surface area (Å²) in [7, 11) is 0. The molecular formula is C21H18BrN3O3. The van der Waals surface area contributed by atoms with Gasteiger partial charge in [-0.25, -0.2) is 5.43 Å². The van der Waals surface area contributed by atoms with Gasteiger partial charge in [-0.15, -0.1) is 0 Å². The average Bonchev–Trinajstić information content (AvgIpc) is 2.72. The second-order valence-corrected chi connectivity index (χ2v) is 6.83. The molecule has 0 radical (unpaired) electrons. The molecule has 0 spiro atoms. The molecule has 0 aliphatic heterocycles. The van der Waals surface area contributed by atoms with Gasteiger partial charge >= 0.3 is 0 Å². The molecule has 28 heavy (non-hydrogen) atoms. The number of halogens is 1. The Morgan fingerprint density at radius 3 is 2.50 bits per heavy atom. The van der Waals surface area contributed by atoms with Gasteiger partial charge in [-0.3, -0.25) is 9.59 Å². The highest BCUT2D eigenvalue weighted by Gasteiger charge is 2.06. The lowest BCUT2D eigenvalue weighted by molar-refractivity contribution is -0.127. The lowest BCUT2D eigenvalue weighted by atomic mass is 10.1. The zero-order valence-electron chi connectivity index (χ0n) is 14.9. The predicted molar refractivity (Wildman–Crippen MR) is 112 cm³/mol. The third-order valence-electron chi connectivity index (χ3n) is 3.81. The molecule has 6 nitrogen and oxygen atoms in total. The van der Waals surface area contributed by atoms with Crippen molar-refractivity contribution in [3.63, 3.8) is 0 Å². The summed E-state index contributed by atoms with van der Waals surface area (Å²) in [6.07, 6.45) is 1.52. The van der Waals surface area contributed by atoms with E-state index in [-0.39, 0.29) is 19.1 Å². The Labute approximate surface area is 170 Å². The SMILES string of the molecule is O=C(COc1ccc2ccccc2c1)NCC(=O)N/N=C/c1ccc(Br)cc1. The number of hydrogen-bond acceptors (Lipinski definition) is 4. The molecule has 2 N–H and O–H groups in total. The van der Waals surface area contributed by atoms with Crippen LogP contribution in [-0.2, 0) is 9.59 Å². The van der Waals surface area contributed by atoms with Crippen molar-refractivity contribution in [2.75, 3.05) is 13.2 Å². The number of benzene rings is 3. The van der Waals surface area contributed by atoms with E-state index in [0.717, 1.165) is 20.8 Å². The Balaban J connectivity index is 1.39. The van der Waals surface area contributed by atoms with Crippen molar-refractivity contribution in [3.05, 3.63) is 76.8 Å². The number of hydrogen-bond donors (Lipinski definition) is 2. The molecule has 0 bridgehead atoms. The minimum Gasteiger partial charge on any atom is -0.484 e. The maximum atomic E-state index is 11.9. The van der Waals surface area contributed by atoms with Crippen LogP contribution in [0.1, 0.15) is 5.56 Å². The van der Waals surface area contributed by atoms with Crippen LogP contribution in [0.3, 0.4) is 0 Å². The van der Waals surface area contributed by atoms with Gasteiger partial charge in [0.1, 0.15) is 5.75 Å².